The molecule has 2 rings (SSSR count). The van der Waals surface area contributed by atoms with Crippen LogP contribution in [-0.2, 0) is 13.0 Å². The summed E-state index contributed by atoms with van der Waals surface area (Å²) in [5.41, 5.74) is 5.66. The molecule has 1 unspecified atom stereocenters. The van der Waals surface area contributed by atoms with E-state index in [1.807, 2.05) is 0 Å². The highest BCUT2D eigenvalue weighted by molar-refractivity contribution is 5.85. The quantitative estimate of drug-likeness (QED) is 0.862. The van der Waals surface area contributed by atoms with Crippen molar-refractivity contribution < 1.29 is 4.52 Å². The summed E-state index contributed by atoms with van der Waals surface area (Å²) in [7, 11) is 0. The van der Waals surface area contributed by atoms with Crippen molar-refractivity contribution in [3.63, 3.8) is 0 Å². The Bertz CT molecular complexity index is 331. The van der Waals surface area contributed by atoms with Gasteiger partial charge in [-0.05, 0) is 31.8 Å². The van der Waals surface area contributed by atoms with Crippen LogP contribution in [-0.4, -0.2) is 34.7 Å². The standard InChI is InChI=1S/C11H20N4O.ClH/c1-2-3-11-13-10(14-16-11)8-15-5-4-9(6-12)7-15;/h9H,2-8,12H2,1H3;1H. The first-order chi connectivity index (χ1) is 7.81. The summed E-state index contributed by atoms with van der Waals surface area (Å²) >= 11 is 0. The molecule has 1 saturated heterocycles. The molecule has 0 spiro atoms. The van der Waals surface area contributed by atoms with Gasteiger partial charge in [0.25, 0.3) is 0 Å². The SMILES string of the molecule is CCCc1nc(CN2CCC(CN)C2)no1.Cl. The maximum absolute atomic E-state index is 5.66. The van der Waals surface area contributed by atoms with Gasteiger partial charge < -0.3 is 10.3 Å². The number of halogens is 1. The van der Waals surface area contributed by atoms with Gasteiger partial charge in [0, 0.05) is 13.0 Å². The minimum Gasteiger partial charge on any atom is -0.339 e. The van der Waals surface area contributed by atoms with Crippen molar-refractivity contribution in [2.24, 2.45) is 11.7 Å². The first-order valence-electron chi connectivity index (χ1n) is 6.05. The van der Waals surface area contributed by atoms with Crippen LogP contribution in [0.4, 0.5) is 0 Å². The molecule has 17 heavy (non-hydrogen) atoms. The van der Waals surface area contributed by atoms with Gasteiger partial charge in [-0.2, -0.15) is 4.98 Å². The zero-order valence-electron chi connectivity index (χ0n) is 10.3. The molecule has 1 aromatic rings. The number of hydrogen-bond donors (Lipinski definition) is 1. The normalized spacial score (nSPS) is 20.5. The highest BCUT2D eigenvalue weighted by atomic mass is 35.5. The fourth-order valence-electron chi connectivity index (χ4n) is 2.12. The summed E-state index contributed by atoms with van der Waals surface area (Å²) in [5, 5.41) is 3.99. The third-order valence-electron chi connectivity index (χ3n) is 3.04. The second-order valence-corrected chi connectivity index (χ2v) is 4.48. The molecule has 0 amide bonds. The topological polar surface area (TPSA) is 68.2 Å². The average molecular weight is 261 g/mol. The van der Waals surface area contributed by atoms with Crippen molar-refractivity contribution in [1.82, 2.24) is 15.0 Å². The zero-order chi connectivity index (χ0) is 11.4. The maximum atomic E-state index is 5.66. The fourth-order valence-corrected chi connectivity index (χ4v) is 2.12. The van der Waals surface area contributed by atoms with Crippen molar-refractivity contribution in [1.29, 1.82) is 0 Å². The molecule has 0 saturated carbocycles. The Morgan fingerprint density at radius 2 is 2.35 bits per heavy atom. The van der Waals surface area contributed by atoms with E-state index in [1.54, 1.807) is 0 Å². The Morgan fingerprint density at radius 3 is 3.00 bits per heavy atom. The largest absolute Gasteiger partial charge is 0.339 e. The summed E-state index contributed by atoms with van der Waals surface area (Å²) in [4.78, 5) is 6.71. The Hall–Kier alpha value is -0.650. The van der Waals surface area contributed by atoms with Crippen LogP contribution in [0.2, 0.25) is 0 Å². The van der Waals surface area contributed by atoms with Crippen molar-refractivity contribution >= 4 is 12.4 Å². The van der Waals surface area contributed by atoms with Crippen LogP contribution in [0.25, 0.3) is 0 Å². The highest BCUT2D eigenvalue weighted by Crippen LogP contribution is 2.16. The summed E-state index contributed by atoms with van der Waals surface area (Å²) in [5.74, 6) is 2.20. The predicted molar refractivity (Wildman–Crippen MR) is 68.0 cm³/mol. The number of likely N-dealkylation sites (tertiary alicyclic amines) is 1. The molecule has 0 bridgehead atoms. The van der Waals surface area contributed by atoms with E-state index in [4.69, 9.17) is 10.3 Å². The number of rotatable bonds is 5. The van der Waals surface area contributed by atoms with Gasteiger partial charge >= 0.3 is 0 Å². The highest BCUT2D eigenvalue weighted by Gasteiger charge is 2.22. The average Bonchev–Trinajstić information content (AvgIpc) is 2.89. The molecule has 2 heterocycles. The van der Waals surface area contributed by atoms with Crippen molar-refractivity contribution in [3.05, 3.63) is 11.7 Å². The lowest BCUT2D eigenvalue weighted by molar-refractivity contribution is 0.299. The smallest absolute Gasteiger partial charge is 0.226 e. The number of aromatic nitrogens is 2. The second-order valence-electron chi connectivity index (χ2n) is 4.48. The van der Waals surface area contributed by atoms with E-state index >= 15 is 0 Å². The monoisotopic (exact) mass is 260 g/mol. The molecule has 5 nitrogen and oxygen atoms in total. The molecular formula is C11H21ClN4O. The van der Waals surface area contributed by atoms with Gasteiger partial charge in [0.2, 0.25) is 5.89 Å². The van der Waals surface area contributed by atoms with Gasteiger partial charge in [0.15, 0.2) is 5.82 Å². The lowest BCUT2D eigenvalue weighted by Crippen LogP contribution is -2.23. The van der Waals surface area contributed by atoms with Crippen LogP contribution in [0.5, 0.6) is 0 Å². The van der Waals surface area contributed by atoms with E-state index in [0.717, 1.165) is 50.7 Å². The van der Waals surface area contributed by atoms with E-state index in [1.165, 1.54) is 6.42 Å². The molecule has 1 aromatic heterocycles. The number of nitrogens with zero attached hydrogens (tertiary/aromatic N) is 3. The Labute approximate surface area is 108 Å². The van der Waals surface area contributed by atoms with E-state index in [9.17, 15) is 0 Å². The molecule has 1 aliphatic rings. The molecule has 6 heteroatoms. The fraction of sp³-hybridized carbons (Fsp3) is 0.818. The predicted octanol–water partition coefficient (Wildman–Crippen LogP) is 1.22. The van der Waals surface area contributed by atoms with Gasteiger partial charge in [-0.1, -0.05) is 12.1 Å². The van der Waals surface area contributed by atoms with Crippen molar-refractivity contribution in [3.8, 4) is 0 Å². The van der Waals surface area contributed by atoms with Crippen LogP contribution >= 0.6 is 12.4 Å². The van der Waals surface area contributed by atoms with E-state index in [-0.39, 0.29) is 12.4 Å². The van der Waals surface area contributed by atoms with Crippen LogP contribution < -0.4 is 5.73 Å². The molecular weight excluding hydrogens is 240 g/mol. The second kappa shape index (κ2) is 6.93. The van der Waals surface area contributed by atoms with Crippen LogP contribution in [0.15, 0.2) is 4.52 Å². The van der Waals surface area contributed by atoms with Gasteiger partial charge in [-0.3, -0.25) is 4.90 Å². The molecule has 2 N–H and O–H groups in total. The lowest BCUT2D eigenvalue weighted by Gasteiger charge is -2.12. The lowest BCUT2D eigenvalue weighted by atomic mass is 10.1. The number of aryl methyl sites for hydroxylation is 1. The van der Waals surface area contributed by atoms with Gasteiger partial charge in [-0.25, -0.2) is 0 Å². The Morgan fingerprint density at radius 1 is 1.53 bits per heavy atom. The first-order valence-corrected chi connectivity index (χ1v) is 6.05. The van der Waals surface area contributed by atoms with E-state index in [0.29, 0.717) is 5.92 Å². The van der Waals surface area contributed by atoms with Gasteiger partial charge in [0.05, 0.1) is 6.54 Å². The zero-order valence-corrected chi connectivity index (χ0v) is 11.1. The molecule has 1 fully saturated rings. The molecule has 1 atom stereocenters. The minimum atomic E-state index is 0. The van der Waals surface area contributed by atoms with Crippen LogP contribution in [0.1, 0.15) is 31.5 Å². The van der Waals surface area contributed by atoms with Gasteiger partial charge in [0.1, 0.15) is 0 Å². The number of nitrogens with two attached hydrogens (primary N) is 1. The molecule has 98 valence electrons. The molecule has 0 radical (unpaired) electrons. The summed E-state index contributed by atoms with van der Waals surface area (Å²) in [6, 6.07) is 0. The summed E-state index contributed by atoms with van der Waals surface area (Å²) in [6.07, 6.45) is 3.11. The van der Waals surface area contributed by atoms with E-state index < -0.39 is 0 Å². The summed E-state index contributed by atoms with van der Waals surface area (Å²) in [6.45, 7) is 5.84. The first kappa shape index (κ1) is 14.4. The van der Waals surface area contributed by atoms with E-state index in [2.05, 4.69) is 22.0 Å². The third-order valence-corrected chi connectivity index (χ3v) is 3.04. The molecule has 0 aromatic carbocycles. The third kappa shape index (κ3) is 3.94. The summed E-state index contributed by atoms with van der Waals surface area (Å²) < 4.78 is 5.16. The maximum Gasteiger partial charge on any atom is 0.226 e. The number of hydrogen-bond acceptors (Lipinski definition) is 5. The van der Waals surface area contributed by atoms with Crippen molar-refractivity contribution in [2.75, 3.05) is 19.6 Å². The van der Waals surface area contributed by atoms with Crippen LogP contribution in [0, 0.1) is 5.92 Å². The van der Waals surface area contributed by atoms with Crippen LogP contribution in [0.3, 0.4) is 0 Å². The van der Waals surface area contributed by atoms with Gasteiger partial charge in [-0.15, -0.1) is 12.4 Å². The minimum absolute atomic E-state index is 0. The van der Waals surface area contributed by atoms with Crippen molar-refractivity contribution in [2.45, 2.75) is 32.7 Å². The molecule has 1 aliphatic heterocycles. The Kier molecular flexibility index (Phi) is 5.88. The molecule has 0 aliphatic carbocycles. The Balaban J connectivity index is 0.00000144.